The average molecular weight is 1020 g/mol. The molecule has 2 amide bonds. The van der Waals surface area contributed by atoms with E-state index in [0.717, 1.165) is 6.92 Å². The van der Waals surface area contributed by atoms with E-state index in [2.05, 4.69) is 42.9 Å². The lowest BCUT2D eigenvalue weighted by molar-refractivity contribution is -0.140. The molecule has 6 N–H and O–H groups in total. The number of pyridine rings is 2. The summed E-state index contributed by atoms with van der Waals surface area (Å²) >= 11 is 0. The van der Waals surface area contributed by atoms with Crippen LogP contribution in [0, 0.1) is 34.3 Å². The number of hydrogen-bond donors (Lipinski definition) is 4. The van der Waals surface area contributed by atoms with Gasteiger partial charge in [0.2, 0.25) is 0 Å². The van der Waals surface area contributed by atoms with Gasteiger partial charge in [0.05, 0.1) is 31.1 Å². The molecule has 0 aliphatic carbocycles. The molecular weight excluding hydrogens is 967 g/mol. The summed E-state index contributed by atoms with van der Waals surface area (Å²) in [5, 5.41) is 42.1. The standard InChI is InChI=1S/C23H20FN5O3.C21H19FN6O2.C4H8O2.C2H4O2.H3NO/c1-12(30)22-20-7-14(10-26-22)21-18(27-29(4)19(21)9-25)11-28(3)23(31)16-6-5-15(24)8-17(16)13(2)32-20;1-11-15-7-13(22)4-5-14(15)21(29)27(2)10-16-19(17(8-23)28(3)26-16)12-6-18(30-11)20(24)25-9-12;1-3-6-4(2)5;1-2(3)4;1-2/h5-8,10,13H,11H2,1-4H3;4-7,9,11H,10H2,1-3H3,(H2,24,25);3H2,1-2H3;1H3,(H,3,4);2H,1H2/t13-;11-;;;/m11.../s1. The minimum atomic E-state index is -0.833. The number of carbonyl (C=O) groups is 5. The van der Waals surface area contributed by atoms with E-state index in [1.54, 1.807) is 61.1 Å². The molecule has 6 aromatic rings. The molecule has 24 heteroatoms. The highest BCUT2D eigenvalue weighted by Gasteiger charge is 2.30. The van der Waals surface area contributed by atoms with Gasteiger partial charge in [-0.15, -0.1) is 0 Å². The van der Waals surface area contributed by atoms with E-state index in [0.29, 0.717) is 62.6 Å². The second-order valence-electron chi connectivity index (χ2n) is 16.3. The van der Waals surface area contributed by atoms with Crippen LogP contribution in [0.1, 0.15) is 119 Å². The molecule has 4 bridgehead atoms. The van der Waals surface area contributed by atoms with Crippen LogP contribution in [0.25, 0.3) is 22.3 Å². The number of rotatable bonds is 2. The molecule has 0 saturated heterocycles. The lowest BCUT2D eigenvalue weighted by Crippen LogP contribution is -2.28. The molecule has 2 aliphatic heterocycles. The highest BCUT2D eigenvalue weighted by atomic mass is 19.1. The Hall–Kier alpha value is -9.13. The number of esters is 1. The normalized spacial score (nSPS) is 14.2. The minimum absolute atomic E-state index is 0.100. The van der Waals surface area contributed by atoms with Crippen molar-refractivity contribution >= 4 is 35.4 Å². The van der Waals surface area contributed by atoms with Crippen LogP contribution in [0.4, 0.5) is 14.6 Å². The highest BCUT2D eigenvalue weighted by molar-refractivity contribution is 5.97. The molecule has 2 aromatic carbocycles. The number of aliphatic carboxylic acids is 1. The molecule has 74 heavy (non-hydrogen) atoms. The van der Waals surface area contributed by atoms with Crippen LogP contribution in [0.3, 0.4) is 0 Å². The van der Waals surface area contributed by atoms with Crippen molar-refractivity contribution in [2.45, 2.75) is 66.8 Å². The molecule has 6 heterocycles. The predicted octanol–water partition coefficient (Wildman–Crippen LogP) is 6.22. The number of fused-ring (bicyclic) bond motifs is 10. The fourth-order valence-electron chi connectivity index (χ4n) is 7.71. The monoisotopic (exact) mass is 1020 g/mol. The molecule has 8 rings (SSSR count). The quantitative estimate of drug-likeness (QED) is 0.0850. The third-order valence-electron chi connectivity index (χ3n) is 10.9. The zero-order valence-electron chi connectivity index (χ0n) is 42.1. The SMILES string of the molecule is CC(=O)O.CC(=O)c1ncc2cc1O[C@H](C)c1cc(F)ccc1C(=O)N(C)Cc1nn(C)c(C#N)c1-2.CCOC(C)=O.C[C@H]1Oc2cc(cnc2N)-c2c(nn(C)c2C#N)CN(C)C(=O)c2ccc(F)cc21.NO. The van der Waals surface area contributed by atoms with Gasteiger partial charge in [-0.2, -0.15) is 20.7 Å². The van der Waals surface area contributed by atoms with E-state index in [1.165, 1.54) is 81.8 Å². The van der Waals surface area contributed by atoms with Gasteiger partial charge in [0.1, 0.15) is 58.8 Å². The molecule has 2 atom stereocenters. The topological polar surface area (TPSA) is 321 Å². The zero-order valence-corrected chi connectivity index (χ0v) is 42.1. The Morgan fingerprint density at radius 1 is 0.743 bits per heavy atom. The number of ether oxygens (including phenoxy) is 3. The Bertz CT molecular complexity index is 3180. The number of Topliss-reactive ketones (excluding diaryl/α,β-unsaturated/α-hetero) is 1. The maximum Gasteiger partial charge on any atom is 0.302 e. The number of halogens is 2. The Morgan fingerprint density at radius 2 is 1.15 bits per heavy atom. The van der Waals surface area contributed by atoms with E-state index in [1.807, 2.05) is 0 Å². The van der Waals surface area contributed by atoms with Gasteiger partial charge in [0.25, 0.3) is 17.8 Å². The van der Waals surface area contributed by atoms with Crippen LogP contribution in [-0.4, -0.2) is 99.9 Å². The first kappa shape index (κ1) is 57.4. The maximum atomic E-state index is 14.1. The van der Waals surface area contributed by atoms with E-state index in [9.17, 15) is 38.5 Å². The molecule has 4 aromatic heterocycles. The van der Waals surface area contributed by atoms with Gasteiger partial charge in [-0.1, -0.05) is 0 Å². The Kier molecular flexibility index (Phi) is 19.7. The number of nitrogen functional groups attached to an aromatic ring is 1. The minimum Gasteiger partial charge on any atom is -0.484 e. The number of nitrogens with zero attached hydrogens (tertiary/aromatic N) is 10. The van der Waals surface area contributed by atoms with Crippen LogP contribution in [0.15, 0.2) is 60.9 Å². The average Bonchev–Trinajstić information content (AvgIpc) is 3.84. The van der Waals surface area contributed by atoms with Crippen molar-refractivity contribution in [2.75, 3.05) is 26.4 Å². The number of hydrogen-bond acceptors (Lipinski definition) is 17. The molecule has 0 saturated carbocycles. The third kappa shape index (κ3) is 13.4. The van der Waals surface area contributed by atoms with Crippen LogP contribution in [-0.2, 0) is 41.5 Å². The molecule has 2 aliphatic rings. The number of amides is 2. The van der Waals surface area contributed by atoms with E-state index in [4.69, 9.17) is 30.3 Å². The summed E-state index contributed by atoms with van der Waals surface area (Å²) in [4.78, 5) is 68.8. The summed E-state index contributed by atoms with van der Waals surface area (Å²) in [6.07, 6.45) is 1.60. The number of carboxylic acids is 1. The van der Waals surface area contributed by atoms with Crippen LogP contribution < -0.4 is 21.1 Å². The molecule has 0 spiro atoms. The van der Waals surface area contributed by atoms with E-state index in [-0.39, 0.29) is 70.9 Å². The number of ketones is 1. The highest BCUT2D eigenvalue weighted by Crippen LogP contribution is 2.37. The summed E-state index contributed by atoms with van der Waals surface area (Å²) in [6.45, 7) is 9.74. The first-order chi connectivity index (χ1) is 35.0. The van der Waals surface area contributed by atoms with E-state index < -0.39 is 29.8 Å². The summed E-state index contributed by atoms with van der Waals surface area (Å²) in [5.41, 5.74) is 11.2. The molecular formula is C50H54F2N12O10. The number of anilines is 1. The number of nitrogens with two attached hydrogens (primary N) is 2. The summed E-state index contributed by atoms with van der Waals surface area (Å²) in [7, 11) is 6.54. The van der Waals surface area contributed by atoms with E-state index >= 15 is 0 Å². The third-order valence-corrected chi connectivity index (χ3v) is 10.9. The first-order valence-electron chi connectivity index (χ1n) is 22.2. The predicted molar refractivity (Wildman–Crippen MR) is 261 cm³/mol. The summed E-state index contributed by atoms with van der Waals surface area (Å²) in [6, 6.07) is 15.4. The number of carboxylic acid groups (broad SMARTS) is 1. The second-order valence-corrected chi connectivity index (χ2v) is 16.3. The van der Waals surface area contributed by atoms with Crippen molar-refractivity contribution in [1.29, 1.82) is 10.5 Å². The Balaban J connectivity index is 0.000000264. The molecule has 0 unspecified atom stereocenters. The maximum absolute atomic E-state index is 14.1. The van der Waals surface area contributed by atoms with Crippen LogP contribution in [0.2, 0.25) is 0 Å². The van der Waals surface area contributed by atoms with Gasteiger partial charge in [0.15, 0.2) is 17.4 Å². The summed E-state index contributed by atoms with van der Waals surface area (Å²) in [5.74, 6) is 1.10. The molecule has 388 valence electrons. The smallest absolute Gasteiger partial charge is 0.302 e. The van der Waals surface area contributed by atoms with Gasteiger partial charge < -0.3 is 40.1 Å². The molecule has 0 fully saturated rings. The number of carbonyl (C=O) groups excluding carboxylic acids is 4. The number of aromatic nitrogens is 6. The number of benzene rings is 2. The lowest BCUT2D eigenvalue weighted by atomic mass is 9.99. The van der Waals surface area contributed by atoms with Crippen LogP contribution >= 0.6 is 0 Å². The van der Waals surface area contributed by atoms with Gasteiger partial charge in [0, 0.05) is 106 Å². The largest absolute Gasteiger partial charge is 0.484 e. The van der Waals surface area contributed by atoms with Crippen molar-refractivity contribution in [1.82, 2.24) is 39.3 Å². The van der Waals surface area contributed by atoms with Crippen LogP contribution in [0.5, 0.6) is 11.5 Å². The fraction of sp³-hybridized carbons (Fsp3) is 0.300. The number of aryl methyl sites for hydroxylation is 2. The van der Waals surface area contributed by atoms with Crippen molar-refractivity contribution in [3.8, 4) is 45.9 Å². The molecule has 22 nitrogen and oxygen atoms in total. The van der Waals surface area contributed by atoms with Crippen molar-refractivity contribution in [3.05, 3.63) is 123 Å². The van der Waals surface area contributed by atoms with Crippen molar-refractivity contribution in [3.63, 3.8) is 0 Å². The van der Waals surface area contributed by atoms with Crippen molar-refractivity contribution in [2.24, 2.45) is 20.0 Å². The van der Waals surface area contributed by atoms with Crippen molar-refractivity contribution < 1.29 is 57.3 Å². The van der Waals surface area contributed by atoms with Gasteiger partial charge in [-0.25, -0.2) is 24.6 Å². The summed E-state index contributed by atoms with van der Waals surface area (Å²) < 4.78 is 47.4. The van der Waals surface area contributed by atoms with Gasteiger partial charge >= 0.3 is 5.97 Å². The van der Waals surface area contributed by atoms with Gasteiger partial charge in [-0.05, 0) is 69.3 Å². The number of nitriles is 2. The fourth-order valence-corrected chi connectivity index (χ4v) is 7.71. The lowest BCUT2D eigenvalue weighted by Gasteiger charge is -2.24. The second kappa shape index (κ2) is 25.3. The zero-order chi connectivity index (χ0) is 55.3. The first-order valence-corrected chi connectivity index (χ1v) is 22.2. The Morgan fingerprint density at radius 3 is 1.53 bits per heavy atom. The molecule has 0 radical (unpaired) electrons. The van der Waals surface area contributed by atoms with Gasteiger partial charge in [-0.3, -0.25) is 33.3 Å². The Labute approximate surface area is 423 Å².